The van der Waals surface area contributed by atoms with E-state index in [-0.39, 0.29) is 12.1 Å². The van der Waals surface area contributed by atoms with Crippen LogP contribution in [0.25, 0.3) is 0 Å². The summed E-state index contributed by atoms with van der Waals surface area (Å²) in [7, 11) is 0. The van der Waals surface area contributed by atoms with Gasteiger partial charge in [0.15, 0.2) is 0 Å². The van der Waals surface area contributed by atoms with Crippen LogP contribution in [0.2, 0.25) is 0 Å². The Labute approximate surface area is 174 Å². The first-order valence-electron chi connectivity index (χ1n) is 12.9. The Morgan fingerprint density at radius 2 is 1.14 bits per heavy atom. The van der Waals surface area contributed by atoms with Crippen molar-refractivity contribution in [2.45, 2.75) is 129 Å². The zero-order valence-electron chi connectivity index (χ0n) is 18.8. The van der Waals surface area contributed by atoms with E-state index in [0.29, 0.717) is 6.42 Å². The third kappa shape index (κ3) is 6.49. The van der Waals surface area contributed by atoms with Gasteiger partial charge in [-0.2, -0.15) is 0 Å². The topological polar surface area (TPSA) is 26.3 Å². The van der Waals surface area contributed by atoms with Gasteiger partial charge in [0.05, 0.1) is 0 Å². The van der Waals surface area contributed by atoms with E-state index < -0.39 is 0 Å². The maximum Gasteiger partial charge on any atom is 0.306 e. The Morgan fingerprint density at radius 3 is 1.61 bits per heavy atom. The van der Waals surface area contributed by atoms with Crippen molar-refractivity contribution in [1.29, 1.82) is 0 Å². The number of carbonyl (C=O) groups excluding carboxylic acids is 1. The molecule has 28 heavy (non-hydrogen) atoms. The number of carbonyl (C=O) groups is 1. The molecule has 3 aliphatic carbocycles. The van der Waals surface area contributed by atoms with Crippen molar-refractivity contribution in [3.63, 3.8) is 0 Å². The van der Waals surface area contributed by atoms with Gasteiger partial charge in [-0.3, -0.25) is 4.79 Å². The summed E-state index contributed by atoms with van der Waals surface area (Å²) in [6.07, 6.45) is 22.9. The molecule has 3 aliphatic rings. The van der Waals surface area contributed by atoms with E-state index in [9.17, 15) is 4.79 Å². The van der Waals surface area contributed by atoms with E-state index in [0.717, 1.165) is 48.9 Å². The Bertz CT molecular complexity index is 435. The minimum Gasteiger partial charge on any atom is -0.462 e. The molecule has 3 saturated carbocycles. The van der Waals surface area contributed by atoms with Crippen LogP contribution in [0.5, 0.6) is 0 Å². The Balaban J connectivity index is 1.32. The molecule has 0 atom stereocenters. The number of rotatable bonds is 8. The highest BCUT2D eigenvalue weighted by molar-refractivity contribution is 5.69. The summed E-state index contributed by atoms with van der Waals surface area (Å²) >= 11 is 0. The van der Waals surface area contributed by atoms with Gasteiger partial charge >= 0.3 is 5.97 Å². The van der Waals surface area contributed by atoms with Gasteiger partial charge in [-0.25, -0.2) is 0 Å². The number of unbranched alkanes of at least 4 members (excludes halogenated alkanes) is 1. The third-order valence-electron chi connectivity index (χ3n) is 8.48. The van der Waals surface area contributed by atoms with Crippen molar-refractivity contribution in [1.82, 2.24) is 0 Å². The molecule has 3 fully saturated rings. The molecule has 0 bridgehead atoms. The van der Waals surface area contributed by atoms with Gasteiger partial charge in [-0.15, -0.1) is 0 Å². The summed E-state index contributed by atoms with van der Waals surface area (Å²) in [5.41, 5.74) is 0. The van der Waals surface area contributed by atoms with Gasteiger partial charge in [0, 0.05) is 6.42 Å². The van der Waals surface area contributed by atoms with Gasteiger partial charge in [-0.1, -0.05) is 46.0 Å². The zero-order chi connectivity index (χ0) is 19.8. The van der Waals surface area contributed by atoms with Crippen LogP contribution >= 0.6 is 0 Å². The van der Waals surface area contributed by atoms with Crippen molar-refractivity contribution in [3.8, 4) is 0 Å². The Morgan fingerprint density at radius 1 is 0.679 bits per heavy atom. The van der Waals surface area contributed by atoms with Crippen LogP contribution in [-0.4, -0.2) is 12.1 Å². The fraction of sp³-hybridized carbons (Fsp3) is 0.962. The second-order valence-electron chi connectivity index (χ2n) is 10.4. The van der Waals surface area contributed by atoms with Crippen molar-refractivity contribution in [2.24, 2.45) is 29.6 Å². The fourth-order valence-electron chi connectivity index (χ4n) is 6.66. The molecule has 0 saturated heterocycles. The smallest absolute Gasteiger partial charge is 0.306 e. The molecule has 0 unspecified atom stereocenters. The van der Waals surface area contributed by atoms with Crippen molar-refractivity contribution in [3.05, 3.63) is 0 Å². The molecule has 162 valence electrons. The molecular weight excluding hydrogens is 344 g/mol. The Kier molecular flexibility index (Phi) is 9.18. The second-order valence-corrected chi connectivity index (χ2v) is 10.4. The molecule has 0 N–H and O–H groups in total. The zero-order valence-corrected chi connectivity index (χ0v) is 18.8. The third-order valence-corrected chi connectivity index (χ3v) is 8.48. The van der Waals surface area contributed by atoms with Crippen molar-refractivity contribution in [2.75, 3.05) is 0 Å². The van der Waals surface area contributed by atoms with Crippen LogP contribution in [0.4, 0.5) is 0 Å². The van der Waals surface area contributed by atoms with Crippen LogP contribution in [0, 0.1) is 29.6 Å². The molecule has 0 spiro atoms. The molecule has 2 nitrogen and oxygen atoms in total. The molecule has 3 rings (SSSR count). The molecule has 0 aromatic heterocycles. The molecule has 0 aromatic rings. The lowest BCUT2D eigenvalue weighted by atomic mass is 9.65. The normalized spacial score (nSPS) is 36.8. The molecular formula is C26H46O2. The maximum atomic E-state index is 11.7. The summed E-state index contributed by atoms with van der Waals surface area (Å²) in [6, 6.07) is 0. The predicted octanol–water partition coefficient (Wildman–Crippen LogP) is 7.69. The minimum absolute atomic E-state index is 0.0240. The number of hydrogen-bond acceptors (Lipinski definition) is 2. The van der Waals surface area contributed by atoms with Crippen LogP contribution in [0.1, 0.15) is 123 Å². The number of hydrogen-bond donors (Lipinski definition) is 0. The monoisotopic (exact) mass is 390 g/mol. The summed E-state index contributed by atoms with van der Waals surface area (Å²) in [5.74, 6) is 5.03. The van der Waals surface area contributed by atoms with Gasteiger partial charge in [-0.05, 0) is 100 Å². The van der Waals surface area contributed by atoms with E-state index in [2.05, 4.69) is 6.92 Å². The SMILES string of the molecule is CCCC[C@H]1CC[C@H]([C@H]2CC[C@H]([C@H]3CC[C@H](OC(=O)CCC)CC3)CC2)CC1. The highest BCUT2D eigenvalue weighted by Crippen LogP contribution is 2.46. The van der Waals surface area contributed by atoms with Crippen molar-refractivity contribution < 1.29 is 9.53 Å². The van der Waals surface area contributed by atoms with Crippen LogP contribution in [0.3, 0.4) is 0 Å². The van der Waals surface area contributed by atoms with Crippen LogP contribution in [0.15, 0.2) is 0 Å². The standard InChI is InChI=1S/C26H46O2/c1-3-5-7-20-8-10-21(11-9-20)22-12-14-23(15-13-22)24-16-18-25(19-17-24)28-26(27)6-4-2/h20-25H,3-19H2,1-2H3/t20-,21-,22-,23-,24-,25-. The second kappa shape index (κ2) is 11.6. The average Bonchev–Trinajstić information content (AvgIpc) is 2.73. The van der Waals surface area contributed by atoms with Crippen molar-refractivity contribution >= 4 is 5.97 Å². The minimum atomic E-state index is 0.0240. The lowest BCUT2D eigenvalue weighted by Gasteiger charge is -2.41. The largest absolute Gasteiger partial charge is 0.462 e. The fourth-order valence-corrected chi connectivity index (χ4v) is 6.66. The molecule has 0 radical (unpaired) electrons. The molecule has 0 amide bonds. The highest BCUT2D eigenvalue weighted by atomic mass is 16.5. The van der Waals surface area contributed by atoms with Gasteiger partial charge < -0.3 is 4.74 Å². The highest BCUT2D eigenvalue weighted by Gasteiger charge is 2.35. The first kappa shape index (κ1) is 22.2. The van der Waals surface area contributed by atoms with E-state index in [1.807, 2.05) is 6.92 Å². The average molecular weight is 391 g/mol. The molecule has 2 heteroatoms. The maximum absolute atomic E-state index is 11.7. The summed E-state index contributed by atoms with van der Waals surface area (Å²) in [4.78, 5) is 11.7. The lowest BCUT2D eigenvalue weighted by molar-refractivity contribution is -0.151. The van der Waals surface area contributed by atoms with E-state index >= 15 is 0 Å². The molecule has 0 aliphatic heterocycles. The number of esters is 1. The van der Waals surface area contributed by atoms with E-state index in [1.54, 1.807) is 0 Å². The quantitative estimate of drug-likeness (QED) is 0.397. The predicted molar refractivity (Wildman–Crippen MR) is 117 cm³/mol. The van der Waals surface area contributed by atoms with E-state index in [4.69, 9.17) is 4.74 Å². The van der Waals surface area contributed by atoms with Crippen LogP contribution in [-0.2, 0) is 9.53 Å². The van der Waals surface area contributed by atoms with E-state index in [1.165, 1.54) is 83.5 Å². The van der Waals surface area contributed by atoms with Crippen LogP contribution < -0.4 is 0 Å². The van der Waals surface area contributed by atoms with Gasteiger partial charge in [0.1, 0.15) is 6.10 Å². The summed E-state index contributed by atoms with van der Waals surface area (Å²) in [5, 5.41) is 0. The molecule has 0 heterocycles. The first-order valence-corrected chi connectivity index (χ1v) is 12.9. The first-order chi connectivity index (χ1) is 13.7. The van der Waals surface area contributed by atoms with Gasteiger partial charge in [0.25, 0.3) is 0 Å². The number of ether oxygens (including phenoxy) is 1. The summed E-state index contributed by atoms with van der Waals surface area (Å²) in [6.45, 7) is 4.38. The molecule has 0 aromatic carbocycles. The van der Waals surface area contributed by atoms with Gasteiger partial charge in [0.2, 0.25) is 0 Å². The summed E-state index contributed by atoms with van der Waals surface area (Å²) < 4.78 is 5.66. The lowest BCUT2D eigenvalue weighted by Crippen LogP contribution is -2.31. The Hall–Kier alpha value is -0.530.